The van der Waals surface area contributed by atoms with Crippen LogP contribution in [0, 0.1) is 0 Å². The van der Waals surface area contributed by atoms with Crippen molar-refractivity contribution in [1.29, 1.82) is 0 Å². The highest BCUT2D eigenvalue weighted by Crippen LogP contribution is 2.24. The second kappa shape index (κ2) is 3.47. The van der Waals surface area contributed by atoms with Crippen LogP contribution in [0.2, 0.25) is 0 Å². The van der Waals surface area contributed by atoms with E-state index in [0.29, 0.717) is 0 Å². The first-order valence-corrected chi connectivity index (χ1v) is 5.82. The fraction of sp³-hybridized carbons (Fsp3) is 0. The highest BCUT2D eigenvalue weighted by molar-refractivity contribution is 5.95. The normalized spacial score (nSPS) is 11.3. The van der Waals surface area contributed by atoms with E-state index in [4.69, 9.17) is 4.42 Å². The predicted molar refractivity (Wildman–Crippen MR) is 71.3 cm³/mol. The van der Waals surface area contributed by atoms with Crippen LogP contribution in [0.25, 0.3) is 33.4 Å². The van der Waals surface area contributed by atoms with Gasteiger partial charge >= 0.3 is 0 Å². The topological polar surface area (TPSA) is 41.8 Å². The number of nitrogens with one attached hydrogen (secondary N) is 1. The Hall–Kier alpha value is -2.55. The van der Waals surface area contributed by atoms with Crippen LogP contribution in [0.1, 0.15) is 0 Å². The molecule has 2 heterocycles. The first-order chi connectivity index (χ1) is 8.90. The summed E-state index contributed by atoms with van der Waals surface area (Å²) in [5.41, 5.74) is 1.99. The zero-order chi connectivity index (χ0) is 11.9. The maximum absolute atomic E-state index is 5.35. The molecule has 0 amide bonds. The molecule has 0 aliphatic heterocycles. The summed E-state index contributed by atoms with van der Waals surface area (Å²) >= 11 is 0. The highest BCUT2D eigenvalue weighted by atomic mass is 16.3. The van der Waals surface area contributed by atoms with E-state index < -0.39 is 0 Å². The minimum atomic E-state index is 0.759. The third kappa shape index (κ3) is 1.34. The van der Waals surface area contributed by atoms with E-state index >= 15 is 0 Å². The molecule has 3 nitrogen and oxygen atoms in total. The lowest BCUT2D eigenvalue weighted by Crippen LogP contribution is -1.73. The molecule has 0 atom stereocenters. The molecule has 4 rings (SSSR count). The van der Waals surface area contributed by atoms with Gasteiger partial charge in [0.2, 0.25) is 0 Å². The lowest BCUT2D eigenvalue weighted by molar-refractivity contribution is 0.578. The van der Waals surface area contributed by atoms with Gasteiger partial charge in [-0.15, -0.1) is 0 Å². The van der Waals surface area contributed by atoms with Crippen LogP contribution >= 0.6 is 0 Å². The van der Waals surface area contributed by atoms with Gasteiger partial charge in [-0.3, -0.25) is 0 Å². The smallest absolute Gasteiger partial charge is 0.174 e. The maximum Gasteiger partial charge on any atom is 0.174 e. The second-order valence-corrected chi connectivity index (χ2v) is 4.28. The van der Waals surface area contributed by atoms with Crippen molar-refractivity contribution >= 4 is 21.8 Å². The van der Waals surface area contributed by atoms with Crippen LogP contribution in [0.5, 0.6) is 0 Å². The number of furan rings is 1. The molecule has 0 aliphatic rings. The molecule has 4 aromatic rings. The van der Waals surface area contributed by atoms with Crippen molar-refractivity contribution in [3.05, 3.63) is 54.8 Å². The van der Waals surface area contributed by atoms with Crippen LogP contribution in [-0.2, 0) is 0 Å². The van der Waals surface area contributed by atoms with Crippen molar-refractivity contribution in [2.45, 2.75) is 0 Å². The Kier molecular flexibility index (Phi) is 1.83. The molecule has 86 valence electrons. The molecule has 2 aromatic carbocycles. The van der Waals surface area contributed by atoms with E-state index in [1.54, 1.807) is 6.26 Å². The monoisotopic (exact) mass is 234 g/mol. The molecule has 0 radical (unpaired) electrons. The molecule has 18 heavy (non-hydrogen) atoms. The zero-order valence-corrected chi connectivity index (χ0v) is 9.55. The number of aromatic nitrogens is 2. The van der Waals surface area contributed by atoms with Gasteiger partial charge in [-0.25, -0.2) is 4.98 Å². The Labute approximate surface area is 103 Å². The van der Waals surface area contributed by atoms with Gasteiger partial charge in [-0.2, -0.15) is 0 Å². The van der Waals surface area contributed by atoms with Gasteiger partial charge in [0.05, 0.1) is 17.3 Å². The summed E-state index contributed by atoms with van der Waals surface area (Å²) < 4.78 is 5.35. The molecular formula is C15H10N2O. The van der Waals surface area contributed by atoms with Gasteiger partial charge in [0.1, 0.15) is 0 Å². The molecule has 2 aromatic heterocycles. The van der Waals surface area contributed by atoms with Gasteiger partial charge in [0, 0.05) is 0 Å². The summed E-state index contributed by atoms with van der Waals surface area (Å²) in [6, 6.07) is 16.2. The molecule has 0 saturated carbocycles. The Bertz CT molecular complexity index is 776. The van der Waals surface area contributed by atoms with E-state index in [0.717, 1.165) is 22.6 Å². The fourth-order valence-electron chi connectivity index (χ4n) is 2.23. The summed E-state index contributed by atoms with van der Waals surface area (Å²) in [6.45, 7) is 0. The number of hydrogen-bond donors (Lipinski definition) is 1. The van der Waals surface area contributed by atoms with Crippen LogP contribution in [0.15, 0.2) is 59.2 Å². The van der Waals surface area contributed by atoms with E-state index in [-0.39, 0.29) is 0 Å². The molecule has 0 saturated heterocycles. The third-order valence-electron chi connectivity index (χ3n) is 3.10. The van der Waals surface area contributed by atoms with Gasteiger partial charge in [-0.1, -0.05) is 24.3 Å². The maximum atomic E-state index is 5.35. The average Bonchev–Trinajstić information content (AvgIpc) is 3.04. The molecule has 0 aliphatic carbocycles. The highest BCUT2D eigenvalue weighted by Gasteiger charge is 2.08. The first kappa shape index (κ1) is 9.48. The number of hydrogen-bond acceptors (Lipinski definition) is 2. The Morgan fingerprint density at radius 3 is 2.56 bits per heavy atom. The van der Waals surface area contributed by atoms with Crippen molar-refractivity contribution in [3.8, 4) is 11.6 Å². The molecule has 3 heteroatoms. The van der Waals surface area contributed by atoms with Crippen molar-refractivity contribution in [2.24, 2.45) is 0 Å². The number of benzene rings is 2. The number of imidazole rings is 1. The van der Waals surface area contributed by atoms with E-state index in [2.05, 4.69) is 34.2 Å². The molecule has 0 fully saturated rings. The van der Waals surface area contributed by atoms with E-state index in [9.17, 15) is 0 Å². The first-order valence-electron chi connectivity index (χ1n) is 5.82. The van der Waals surface area contributed by atoms with Gasteiger partial charge < -0.3 is 9.40 Å². The quantitative estimate of drug-likeness (QED) is 0.541. The molecule has 0 unspecified atom stereocenters. The Morgan fingerprint density at radius 2 is 1.78 bits per heavy atom. The van der Waals surface area contributed by atoms with Crippen molar-refractivity contribution < 1.29 is 4.42 Å². The molecule has 0 spiro atoms. The van der Waals surface area contributed by atoms with E-state index in [1.807, 2.05) is 24.3 Å². The predicted octanol–water partition coefficient (Wildman–Crippen LogP) is 3.98. The Morgan fingerprint density at radius 1 is 0.944 bits per heavy atom. The minimum absolute atomic E-state index is 0.759. The lowest BCUT2D eigenvalue weighted by Gasteiger charge is -1.95. The minimum Gasteiger partial charge on any atom is -0.461 e. The van der Waals surface area contributed by atoms with Crippen LogP contribution in [0.4, 0.5) is 0 Å². The molecule has 1 N–H and O–H groups in total. The van der Waals surface area contributed by atoms with Gasteiger partial charge in [0.15, 0.2) is 11.6 Å². The summed E-state index contributed by atoms with van der Waals surface area (Å²) in [5, 5.41) is 2.40. The van der Waals surface area contributed by atoms with E-state index in [1.165, 1.54) is 10.8 Å². The Balaban J connectivity index is 2.02. The van der Waals surface area contributed by atoms with Crippen LogP contribution in [-0.4, -0.2) is 9.97 Å². The SMILES string of the molecule is c1coc(-c2nc3cc4ccccc4cc3[nH]2)c1. The van der Waals surface area contributed by atoms with Crippen LogP contribution in [0.3, 0.4) is 0 Å². The lowest BCUT2D eigenvalue weighted by atomic mass is 10.1. The fourth-order valence-corrected chi connectivity index (χ4v) is 2.23. The summed E-state index contributed by atoms with van der Waals surface area (Å²) in [5.74, 6) is 1.53. The average molecular weight is 234 g/mol. The van der Waals surface area contributed by atoms with Crippen molar-refractivity contribution in [1.82, 2.24) is 9.97 Å². The second-order valence-electron chi connectivity index (χ2n) is 4.28. The summed E-state index contributed by atoms with van der Waals surface area (Å²) in [7, 11) is 0. The number of H-pyrrole nitrogens is 1. The molecular weight excluding hydrogens is 224 g/mol. The molecule has 0 bridgehead atoms. The number of nitrogens with zero attached hydrogens (tertiary/aromatic N) is 1. The zero-order valence-electron chi connectivity index (χ0n) is 9.55. The van der Waals surface area contributed by atoms with Crippen molar-refractivity contribution in [2.75, 3.05) is 0 Å². The van der Waals surface area contributed by atoms with Gasteiger partial charge in [-0.05, 0) is 35.0 Å². The summed E-state index contributed by atoms with van der Waals surface area (Å²) in [4.78, 5) is 7.84. The third-order valence-corrected chi connectivity index (χ3v) is 3.10. The number of rotatable bonds is 1. The standard InChI is InChI=1S/C15H10N2O/c1-2-5-11-9-13-12(8-10(11)4-1)16-15(17-13)14-6-3-7-18-14/h1-9H,(H,16,17). The largest absolute Gasteiger partial charge is 0.461 e. The number of fused-ring (bicyclic) bond motifs is 2. The van der Waals surface area contributed by atoms with Crippen LogP contribution < -0.4 is 0 Å². The van der Waals surface area contributed by atoms with Gasteiger partial charge in [0.25, 0.3) is 0 Å². The van der Waals surface area contributed by atoms with Crippen molar-refractivity contribution in [3.63, 3.8) is 0 Å². The number of aromatic amines is 1. The summed E-state index contributed by atoms with van der Waals surface area (Å²) in [6.07, 6.45) is 1.65.